The minimum Gasteiger partial charge on any atom is -0.480 e. The Morgan fingerprint density at radius 1 is 0.469 bits per heavy atom. The molecule has 9 nitrogen and oxygen atoms in total. The van der Waals surface area contributed by atoms with Gasteiger partial charge in [0.05, 0.1) is 24.3 Å². The van der Waals surface area contributed by atoms with Crippen molar-refractivity contribution in [2.45, 2.75) is 168 Å². The van der Waals surface area contributed by atoms with Gasteiger partial charge >= 0.3 is 23.9 Å². The van der Waals surface area contributed by atoms with Crippen molar-refractivity contribution in [1.29, 1.82) is 0 Å². The van der Waals surface area contributed by atoms with Crippen LogP contribution in [0.2, 0.25) is 0 Å². The number of benzene rings is 1. The van der Waals surface area contributed by atoms with Crippen molar-refractivity contribution in [3.63, 3.8) is 0 Å². The Morgan fingerprint density at radius 2 is 0.755 bits per heavy atom. The molecule has 0 spiro atoms. The van der Waals surface area contributed by atoms with Crippen LogP contribution in [0.3, 0.4) is 0 Å². The minimum absolute atomic E-state index is 0.0505. The minimum atomic E-state index is -1.24. The van der Waals surface area contributed by atoms with E-state index in [1.807, 2.05) is 0 Å². The highest BCUT2D eigenvalue weighted by Crippen LogP contribution is 2.22. The van der Waals surface area contributed by atoms with Gasteiger partial charge in [0.15, 0.2) is 0 Å². The van der Waals surface area contributed by atoms with E-state index in [0.717, 1.165) is 43.4 Å². The molecule has 0 amide bonds. The van der Waals surface area contributed by atoms with E-state index in [1.165, 1.54) is 134 Å². The highest BCUT2D eigenvalue weighted by atomic mass is 16.5. The van der Waals surface area contributed by atoms with Gasteiger partial charge < -0.3 is 24.6 Å². The molecule has 0 aliphatic heterocycles. The van der Waals surface area contributed by atoms with E-state index in [2.05, 4.69) is 13.8 Å². The van der Waals surface area contributed by atoms with Crippen LogP contribution in [0.1, 0.15) is 189 Å². The second-order valence-electron chi connectivity index (χ2n) is 13.5. The number of carboxylic acid groups (broad SMARTS) is 2. The Kier molecular flexibility index (Phi) is 26.7. The van der Waals surface area contributed by atoms with Crippen LogP contribution in [0.25, 0.3) is 0 Å². The Bertz CT molecular complexity index is 967. The number of carbonyl (C=O) groups excluding carboxylic acids is 2. The summed E-state index contributed by atoms with van der Waals surface area (Å²) >= 11 is 0. The Morgan fingerprint density at radius 3 is 1.04 bits per heavy atom. The van der Waals surface area contributed by atoms with E-state index in [4.69, 9.17) is 9.47 Å². The molecule has 9 heteroatoms. The van der Waals surface area contributed by atoms with Crippen LogP contribution in [-0.2, 0) is 19.1 Å². The van der Waals surface area contributed by atoms with E-state index in [1.54, 1.807) is 0 Å². The maximum absolute atomic E-state index is 13.0. The van der Waals surface area contributed by atoms with Crippen molar-refractivity contribution in [3.8, 4) is 0 Å². The van der Waals surface area contributed by atoms with Gasteiger partial charge in [-0.05, 0) is 31.0 Å². The maximum Gasteiger partial charge on any atom is 0.338 e. The second kappa shape index (κ2) is 29.8. The van der Waals surface area contributed by atoms with E-state index in [0.29, 0.717) is 0 Å². The molecule has 280 valence electrons. The number of hydrogen-bond acceptors (Lipinski definition) is 7. The lowest BCUT2D eigenvalue weighted by atomic mass is 10.1. The first-order valence-corrected chi connectivity index (χ1v) is 19.5. The molecule has 2 N–H and O–H groups in total. The van der Waals surface area contributed by atoms with Gasteiger partial charge in [0.25, 0.3) is 0 Å². The summed E-state index contributed by atoms with van der Waals surface area (Å²) in [6.07, 6.45) is 28.6. The predicted molar refractivity (Wildman–Crippen MR) is 197 cm³/mol. The number of unbranched alkanes of at least 4 members (excludes halogenated alkanes) is 22. The summed E-state index contributed by atoms with van der Waals surface area (Å²) in [4.78, 5) is 50.1. The molecular weight excluding hydrogens is 622 g/mol. The Balaban J connectivity index is 2.58. The monoisotopic (exact) mass is 689 g/mol. The van der Waals surface area contributed by atoms with Gasteiger partial charge in [0, 0.05) is 5.69 Å². The van der Waals surface area contributed by atoms with Crippen LogP contribution in [0, 0.1) is 0 Å². The topological polar surface area (TPSA) is 130 Å². The molecule has 0 aliphatic rings. The number of anilines is 1. The van der Waals surface area contributed by atoms with Gasteiger partial charge in [-0.1, -0.05) is 155 Å². The molecule has 1 rings (SSSR count). The highest BCUT2D eigenvalue weighted by Gasteiger charge is 2.21. The number of carboxylic acids is 2. The van der Waals surface area contributed by atoms with Crippen LogP contribution in [0.4, 0.5) is 5.69 Å². The van der Waals surface area contributed by atoms with E-state index in [9.17, 15) is 29.4 Å². The van der Waals surface area contributed by atoms with Crippen LogP contribution < -0.4 is 4.90 Å². The number of rotatable bonds is 33. The van der Waals surface area contributed by atoms with E-state index < -0.39 is 37.0 Å². The zero-order chi connectivity index (χ0) is 36.0. The van der Waals surface area contributed by atoms with Gasteiger partial charge in [0.1, 0.15) is 13.1 Å². The quantitative estimate of drug-likeness (QED) is 0.0547. The lowest BCUT2D eigenvalue weighted by molar-refractivity contribution is -0.136. The first kappa shape index (κ1) is 43.9. The molecule has 0 saturated heterocycles. The van der Waals surface area contributed by atoms with Crippen LogP contribution in [0.15, 0.2) is 18.2 Å². The molecule has 0 unspecified atom stereocenters. The molecular formula is C40H67NO8. The number of aliphatic carboxylic acids is 2. The van der Waals surface area contributed by atoms with E-state index >= 15 is 0 Å². The molecule has 1 aromatic rings. The van der Waals surface area contributed by atoms with Crippen molar-refractivity contribution in [2.24, 2.45) is 0 Å². The second-order valence-corrected chi connectivity index (χ2v) is 13.5. The summed E-state index contributed by atoms with van der Waals surface area (Å²) in [6, 6.07) is 4.12. The average Bonchev–Trinajstić information content (AvgIpc) is 3.07. The fourth-order valence-electron chi connectivity index (χ4n) is 5.98. The molecule has 0 heterocycles. The Labute approximate surface area is 296 Å². The smallest absolute Gasteiger partial charge is 0.338 e. The number of ether oxygens (including phenoxy) is 2. The fraction of sp³-hybridized carbons (Fsp3) is 0.750. The summed E-state index contributed by atoms with van der Waals surface area (Å²) in [7, 11) is 0. The fourth-order valence-corrected chi connectivity index (χ4v) is 5.98. The lowest BCUT2D eigenvalue weighted by Crippen LogP contribution is -2.34. The number of esters is 2. The summed E-state index contributed by atoms with van der Waals surface area (Å²) in [6.45, 7) is 3.70. The number of hydrogen-bond donors (Lipinski definition) is 2. The first-order chi connectivity index (χ1) is 23.8. The van der Waals surface area contributed by atoms with Gasteiger partial charge in [-0.3, -0.25) is 9.59 Å². The molecule has 0 aromatic heterocycles. The van der Waals surface area contributed by atoms with Crippen molar-refractivity contribution in [3.05, 3.63) is 29.3 Å². The third kappa shape index (κ3) is 23.8. The van der Waals surface area contributed by atoms with Gasteiger partial charge in [-0.25, -0.2) is 9.59 Å². The van der Waals surface area contributed by atoms with Crippen molar-refractivity contribution >= 4 is 29.6 Å². The molecule has 49 heavy (non-hydrogen) atoms. The van der Waals surface area contributed by atoms with Crippen LogP contribution >= 0.6 is 0 Å². The maximum atomic E-state index is 13.0. The van der Waals surface area contributed by atoms with Crippen molar-refractivity contribution in [2.75, 3.05) is 31.2 Å². The normalized spacial score (nSPS) is 11.0. The molecule has 1 aromatic carbocycles. The van der Waals surface area contributed by atoms with Crippen LogP contribution in [0.5, 0.6) is 0 Å². The molecule has 0 radical (unpaired) electrons. The lowest BCUT2D eigenvalue weighted by Gasteiger charge is -2.22. The zero-order valence-corrected chi connectivity index (χ0v) is 30.8. The third-order valence-corrected chi connectivity index (χ3v) is 8.87. The average molecular weight is 690 g/mol. The molecule has 0 bridgehead atoms. The standard InChI is InChI=1S/C40H67NO8/c1-3-5-7-9-11-13-15-17-19-21-23-25-27-48-39(46)34-29-35(31-36(30-34)41(32-37(42)43)33-38(44)45)40(47)49-28-26-24-22-20-18-16-14-12-10-8-6-4-2/h29-31H,3-28,32-33H2,1-2H3,(H,42,43)(H,44,45). The SMILES string of the molecule is CCCCCCCCCCCCCCOC(=O)c1cc(C(=O)OCCCCCCCCCCCCCC)cc(N(CC(=O)O)CC(=O)O)c1. The highest BCUT2D eigenvalue weighted by molar-refractivity contribution is 5.97. The molecule has 0 aliphatic carbocycles. The molecule has 0 fully saturated rings. The number of carbonyl (C=O) groups is 4. The first-order valence-electron chi connectivity index (χ1n) is 19.5. The van der Waals surface area contributed by atoms with Crippen molar-refractivity contribution in [1.82, 2.24) is 0 Å². The van der Waals surface area contributed by atoms with Gasteiger partial charge in [-0.2, -0.15) is 0 Å². The summed E-state index contributed by atoms with van der Waals surface area (Å²) in [5.74, 6) is -3.77. The summed E-state index contributed by atoms with van der Waals surface area (Å²) in [5.41, 5.74) is 0.228. The van der Waals surface area contributed by atoms with E-state index in [-0.39, 0.29) is 30.0 Å². The Hall–Kier alpha value is -3.10. The van der Waals surface area contributed by atoms with Gasteiger partial charge in [-0.15, -0.1) is 0 Å². The molecule has 0 saturated carbocycles. The third-order valence-electron chi connectivity index (χ3n) is 8.87. The van der Waals surface area contributed by atoms with Crippen LogP contribution in [-0.4, -0.2) is 60.4 Å². The predicted octanol–water partition coefficient (Wildman–Crippen LogP) is 10.4. The zero-order valence-electron chi connectivity index (χ0n) is 30.8. The van der Waals surface area contributed by atoms with Gasteiger partial charge in [0.2, 0.25) is 0 Å². The summed E-state index contributed by atoms with van der Waals surface area (Å²) in [5, 5.41) is 18.7. The largest absolute Gasteiger partial charge is 0.480 e. The van der Waals surface area contributed by atoms with Crippen molar-refractivity contribution < 1.29 is 38.9 Å². The summed E-state index contributed by atoms with van der Waals surface area (Å²) < 4.78 is 11.0. The molecule has 0 atom stereocenters. The number of nitrogens with zero attached hydrogens (tertiary/aromatic N) is 1.